The number of likely N-dealkylation sites (tertiary alicyclic amines) is 1. The lowest BCUT2D eigenvalue weighted by atomic mass is 9.90. The number of nitrogens with zero attached hydrogens (tertiary/aromatic N) is 1. The quantitative estimate of drug-likeness (QED) is 0.861. The van der Waals surface area contributed by atoms with Crippen molar-refractivity contribution in [2.45, 2.75) is 38.0 Å². The highest BCUT2D eigenvalue weighted by Gasteiger charge is 2.44. The van der Waals surface area contributed by atoms with Crippen LogP contribution < -0.4 is 0 Å². The molecule has 1 fully saturated rings. The van der Waals surface area contributed by atoms with Crippen molar-refractivity contribution in [1.29, 1.82) is 0 Å². The first-order valence-electron chi connectivity index (χ1n) is 7.54. The molecule has 128 valence electrons. The molecular formula is C16H19F4NO2. The van der Waals surface area contributed by atoms with Gasteiger partial charge in [-0.2, -0.15) is 13.2 Å². The first-order valence-corrected chi connectivity index (χ1v) is 7.54. The third-order valence-corrected chi connectivity index (χ3v) is 4.19. The largest absolute Gasteiger partial charge is 0.414 e. The smallest absolute Gasteiger partial charge is 0.383 e. The summed E-state index contributed by atoms with van der Waals surface area (Å²) < 4.78 is 50.5. The zero-order chi connectivity index (χ0) is 17.0. The summed E-state index contributed by atoms with van der Waals surface area (Å²) in [6.07, 6.45) is -6.10. The Morgan fingerprint density at radius 1 is 1.30 bits per heavy atom. The van der Waals surface area contributed by atoms with Crippen LogP contribution in [-0.2, 0) is 11.2 Å². The van der Waals surface area contributed by atoms with Gasteiger partial charge < -0.3 is 10.0 Å². The van der Waals surface area contributed by atoms with Crippen molar-refractivity contribution in [3.8, 4) is 0 Å². The van der Waals surface area contributed by atoms with E-state index in [0.717, 1.165) is 0 Å². The van der Waals surface area contributed by atoms with Gasteiger partial charge in [0, 0.05) is 19.5 Å². The monoisotopic (exact) mass is 333 g/mol. The molecule has 1 heterocycles. The highest BCUT2D eigenvalue weighted by atomic mass is 19.4. The minimum absolute atomic E-state index is 0.131. The van der Waals surface area contributed by atoms with Crippen molar-refractivity contribution in [3.63, 3.8) is 0 Å². The number of piperidine rings is 1. The lowest BCUT2D eigenvalue weighted by molar-refractivity contribution is -0.222. The van der Waals surface area contributed by atoms with Crippen molar-refractivity contribution in [1.82, 2.24) is 4.90 Å². The predicted octanol–water partition coefficient (Wildman–Crippen LogP) is 2.92. The van der Waals surface area contributed by atoms with Crippen LogP contribution in [0.25, 0.3) is 0 Å². The van der Waals surface area contributed by atoms with E-state index in [4.69, 9.17) is 0 Å². The fraction of sp³-hybridized carbons (Fsp3) is 0.562. The second-order valence-corrected chi connectivity index (χ2v) is 5.83. The average Bonchev–Trinajstić information content (AvgIpc) is 2.51. The van der Waals surface area contributed by atoms with Crippen molar-refractivity contribution >= 4 is 5.91 Å². The van der Waals surface area contributed by atoms with E-state index < -0.39 is 18.2 Å². The Hall–Kier alpha value is -1.63. The molecule has 0 radical (unpaired) electrons. The van der Waals surface area contributed by atoms with Crippen molar-refractivity contribution in [2.75, 3.05) is 13.1 Å². The highest BCUT2D eigenvalue weighted by Crippen LogP contribution is 2.31. The fourth-order valence-corrected chi connectivity index (χ4v) is 2.83. The van der Waals surface area contributed by atoms with Gasteiger partial charge in [-0.25, -0.2) is 4.39 Å². The van der Waals surface area contributed by atoms with Gasteiger partial charge in [-0.15, -0.1) is 0 Å². The number of aryl methyl sites for hydroxylation is 1. The van der Waals surface area contributed by atoms with Crippen molar-refractivity contribution in [2.24, 2.45) is 5.92 Å². The molecule has 1 unspecified atom stereocenters. The topological polar surface area (TPSA) is 40.5 Å². The summed E-state index contributed by atoms with van der Waals surface area (Å²) in [7, 11) is 0. The van der Waals surface area contributed by atoms with E-state index in [9.17, 15) is 27.5 Å². The molecule has 1 aliphatic heterocycles. The molecule has 0 spiro atoms. The first kappa shape index (κ1) is 17.7. The second kappa shape index (κ2) is 7.29. The number of aliphatic hydroxyl groups excluding tert-OH is 1. The molecule has 2 rings (SSSR count). The maximum Gasteiger partial charge on any atom is 0.414 e. The van der Waals surface area contributed by atoms with E-state index in [0.29, 0.717) is 12.0 Å². The van der Waals surface area contributed by atoms with Crippen LogP contribution in [0.15, 0.2) is 24.3 Å². The van der Waals surface area contributed by atoms with Crippen LogP contribution in [0, 0.1) is 11.7 Å². The number of alkyl halides is 3. The van der Waals surface area contributed by atoms with E-state index in [1.165, 1.54) is 17.0 Å². The number of carbonyl (C=O) groups is 1. The first-order chi connectivity index (χ1) is 10.8. The molecule has 1 amide bonds. The standard InChI is InChI=1S/C16H19F4NO2/c17-13-3-1-2-11(10-13)4-5-14(22)21-8-6-12(7-9-21)15(23)16(18,19)20/h1-3,10,12,15,23H,4-9H2. The van der Waals surface area contributed by atoms with Crippen LogP contribution in [0.4, 0.5) is 17.6 Å². The fourth-order valence-electron chi connectivity index (χ4n) is 2.83. The number of carbonyl (C=O) groups excluding carboxylic acids is 1. The Labute approximate surface area is 131 Å². The zero-order valence-corrected chi connectivity index (χ0v) is 12.5. The Morgan fingerprint density at radius 3 is 2.52 bits per heavy atom. The zero-order valence-electron chi connectivity index (χ0n) is 12.5. The number of halogens is 4. The van der Waals surface area contributed by atoms with Crippen molar-refractivity contribution in [3.05, 3.63) is 35.6 Å². The molecule has 1 N–H and O–H groups in total. The van der Waals surface area contributed by atoms with E-state index >= 15 is 0 Å². The van der Waals surface area contributed by atoms with Gasteiger partial charge in [0.2, 0.25) is 5.91 Å². The van der Waals surface area contributed by atoms with E-state index in [-0.39, 0.29) is 44.1 Å². The molecule has 0 aromatic heterocycles. The van der Waals surface area contributed by atoms with Crippen LogP contribution in [0.3, 0.4) is 0 Å². The summed E-state index contributed by atoms with van der Waals surface area (Å²) in [4.78, 5) is 13.6. The van der Waals surface area contributed by atoms with Crippen LogP contribution >= 0.6 is 0 Å². The van der Waals surface area contributed by atoms with Gasteiger partial charge in [-0.05, 0) is 42.9 Å². The number of hydrogen-bond donors (Lipinski definition) is 1. The molecule has 0 aliphatic carbocycles. The van der Waals surface area contributed by atoms with Crippen LogP contribution in [0.1, 0.15) is 24.8 Å². The summed E-state index contributed by atoms with van der Waals surface area (Å²) in [6, 6.07) is 5.97. The maximum atomic E-state index is 13.1. The Balaban J connectivity index is 1.80. The lowest BCUT2D eigenvalue weighted by Crippen LogP contribution is -2.45. The van der Waals surface area contributed by atoms with Gasteiger partial charge >= 0.3 is 6.18 Å². The molecular weight excluding hydrogens is 314 g/mol. The minimum Gasteiger partial charge on any atom is -0.383 e. The number of hydrogen-bond acceptors (Lipinski definition) is 2. The summed E-state index contributed by atoms with van der Waals surface area (Å²) in [6.45, 7) is 0.416. The summed E-state index contributed by atoms with van der Waals surface area (Å²) in [5.41, 5.74) is 0.709. The number of amides is 1. The van der Waals surface area contributed by atoms with Gasteiger partial charge in [0.1, 0.15) is 5.82 Å². The van der Waals surface area contributed by atoms with E-state index in [2.05, 4.69) is 0 Å². The molecule has 7 heteroatoms. The van der Waals surface area contributed by atoms with Gasteiger partial charge in [-0.1, -0.05) is 12.1 Å². The Kier molecular flexibility index (Phi) is 5.62. The van der Waals surface area contributed by atoms with Gasteiger partial charge in [-0.3, -0.25) is 4.79 Å². The molecule has 1 aromatic rings. The average molecular weight is 333 g/mol. The van der Waals surface area contributed by atoms with Gasteiger partial charge in [0.25, 0.3) is 0 Å². The maximum absolute atomic E-state index is 13.1. The molecule has 1 aliphatic rings. The van der Waals surface area contributed by atoms with Crippen LogP contribution in [0.5, 0.6) is 0 Å². The number of benzene rings is 1. The normalized spacial score (nSPS) is 18.0. The molecule has 3 nitrogen and oxygen atoms in total. The summed E-state index contributed by atoms with van der Waals surface area (Å²) >= 11 is 0. The Morgan fingerprint density at radius 2 is 1.96 bits per heavy atom. The minimum atomic E-state index is -4.62. The molecule has 23 heavy (non-hydrogen) atoms. The van der Waals surface area contributed by atoms with Crippen LogP contribution in [-0.4, -0.2) is 41.3 Å². The van der Waals surface area contributed by atoms with Crippen LogP contribution in [0.2, 0.25) is 0 Å². The van der Waals surface area contributed by atoms with Gasteiger partial charge in [0.05, 0.1) is 0 Å². The Bertz CT molecular complexity index is 539. The third kappa shape index (κ3) is 4.92. The number of rotatable bonds is 4. The molecule has 0 bridgehead atoms. The second-order valence-electron chi connectivity index (χ2n) is 5.83. The van der Waals surface area contributed by atoms with Gasteiger partial charge in [0.15, 0.2) is 6.10 Å². The lowest BCUT2D eigenvalue weighted by Gasteiger charge is -2.34. The molecule has 1 saturated heterocycles. The SMILES string of the molecule is O=C(CCc1cccc(F)c1)N1CCC(C(O)C(F)(F)F)CC1. The third-order valence-electron chi connectivity index (χ3n) is 4.19. The van der Waals surface area contributed by atoms with E-state index in [1.807, 2.05) is 0 Å². The number of aliphatic hydroxyl groups is 1. The van der Waals surface area contributed by atoms with E-state index in [1.54, 1.807) is 12.1 Å². The molecule has 1 aromatic carbocycles. The molecule has 0 saturated carbocycles. The van der Waals surface area contributed by atoms with Crippen molar-refractivity contribution < 1.29 is 27.5 Å². The molecule has 1 atom stereocenters. The summed E-state index contributed by atoms with van der Waals surface area (Å²) in [5.74, 6) is -1.38. The highest BCUT2D eigenvalue weighted by molar-refractivity contribution is 5.76. The predicted molar refractivity (Wildman–Crippen MR) is 76.1 cm³/mol. The summed E-state index contributed by atoms with van der Waals surface area (Å²) in [5, 5.41) is 9.25.